The van der Waals surface area contributed by atoms with Crippen LogP contribution in [0.5, 0.6) is 11.5 Å². The number of ether oxygens (including phenoxy) is 3. The molecule has 1 unspecified atom stereocenters. The third-order valence-electron chi connectivity index (χ3n) is 2.61. The second-order valence-electron chi connectivity index (χ2n) is 3.97. The summed E-state index contributed by atoms with van der Waals surface area (Å²) in [5.41, 5.74) is 6.01. The Morgan fingerprint density at radius 2 is 2.00 bits per heavy atom. The number of amides is 1. The normalized spacial score (nSPS) is 11.8. The van der Waals surface area contributed by atoms with Crippen molar-refractivity contribution in [3.63, 3.8) is 0 Å². The molecular weight excluding hydrogens is 260 g/mol. The van der Waals surface area contributed by atoms with E-state index in [2.05, 4.69) is 5.32 Å². The van der Waals surface area contributed by atoms with Crippen molar-refractivity contribution in [3.8, 4) is 11.5 Å². The van der Waals surface area contributed by atoms with Gasteiger partial charge in [-0.1, -0.05) is 0 Å². The molecule has 112 valence electrons. The summed E-state index contributed by atoms with van der Waals surface area (Å²) in [6.07, 6.45) is -0.694. The highest BCUT2D eigenvalue weighted by molar-refractivity contribution is 5.95. The van der Waals surface area contributed by atoms with Crippen molar-refractivity contribution in [2.45, 2.75) is 20.0 Å². The molecule has 0 radical (unpaired) electrons. The number of methoxy groups -OCH3 is 1. The van der Waals surface area contributed by atoms with Crippen molar-refractivity contribution in [2.24, 2.45) is 5.73 Å². The third-order valence-corrected chi connectivity index (χ3v) is 2.61. The van der Waals surface area contributed by atoms with Gasteiger partial charge in [0, 0.05) is 19.7 Å². The summed E-state index contributed by atoms with van der Waals surface area (Å²) in [7, 11) is 1.44. The summed E-state index contributed by atoms with van der Waals surface area (Å²) in [6, 6.07) is 5.27. The first-order valence-corrected chi connectivity index (χ1v) is 6.59. The number of hydrogen-bond acceptors (Lipinski definition) is 5. The maximum atomic E-state index is 12.0. The molecule has 0 bridgehead atoms. The molecule has 0 saturated heterocycles. The molecule has 1 amide bonds. The molecule has 0 heterocycles. The first-order chi connectivity index (χ1) is 9.65. The summed E-state index contributed by atoms with van der Waals surface area (Å²) < 4.78 is 15.9. The first kappa shape index (κ1) is 16.3. The maximum Gasteiger partial charge on any atom is 0.254 e. The van der Waals surface area contributed by atoms with Gasteiger partial charge in [-0.2, -0.15) is 0 Å². The van der Waals surface area contributed by atoms with Gasteiger partial charge in [0.25, 0.3) is 5.91 Å². The summed E-state index contributed by atoms with van der Waals surface area (Å²) in [5, 5.41) is 2.75. The number of nitrogens with two attached hydrogens (primary N) is 1. The van der Waals surface area contributed by atoms with E-state index in [4.69, 9.17) is 19.9 Å². The fourth-order valence-electron chi connectivity index (χ4n) is 1.67. The van der Waals surface area contributed by atoms with Crippen molar-refractivity contribution in [2.75, 3.05) is 32.2 Å². The number of benzene rings is 1. The zero-order chi connectivity index (χ0) is 15.0. The monoisotopic (exact) mass is 282 g/mol. The van der Waals surface area contributed by atoms with Crippen molar-refractivity contribution in [1.29, 1.82) is 0 Å². The van der Waals surface area contributed by atoms with Crippen LogP contribution < -0.4 is 20.5 Å². The molecule has 0 saturated carbocycles. The Balaban J connectivity index is 2.93. The Labute approximate surface area is 119 Å². The molecule has 20 heavy (non-hydrogen) atoms. The lowest BCUT2D eigenvalue weighted by Gasteiger charge is -2.16. The van der Waals surface area contributed by atoms with Gasteiger partial charge in [0.15, 0.2) is 0 Å². The Bertz CT molecular complexity index is 433. The van der Waals surface area contributed by atoms with Crippen LogP contribution in [0.25, 0.3) is 0 Å². The maximum absolute atomic E-state index is 12.0. The quantitative estimate of drug-likeness (QED) is 0.753. The highest BCUT2D eigenvalue weighted by Crippen LogP contribution is 2.29. The zero-order valence-corrected chi connectivity index (χ0v) is 12.1. The van der Waals surface area contributed by atoms with Gasteiger partial charge in [0.2, 0.25) is 0 Å². The molecule has 0 aliphatic carbocycles. The van der Waals surface area contributed by atoms with Crippen LogP contribution in [-0.4, -0.2) is 38.9 Å². The SMILES string of the molecule is CCOc1ccc(OCC)c(NC(=O)C(CN)OC)c1. The van der Waals surface area contributed by atoms with Crippen LogP contribution >= 0.6 is 0 Å². The predicted molar refractivity (Wildman–Crippen MR) is 77.3 cm³/mol. The van der Waals surface area contributed by atoms with Gasteiger partial charge in [-0.3, -0.25) is 4.79 Å². The standard InChI is InChI=1S/C14H22N2O4/c1-4-19-10-6-7-12(20-5-2)11(8-10)16-14(17)13(9-15)18-3/h6-8,13H,4-5,9,15H2,1-3H3,(H,16,17). The van der Waals surface area contributed by atoms with Gasteiger partial charge < -0.3 is 25.3 Å². The Morgan fingerprint density at radius 3 is 2.55 bits per heavy atom. The van der Waals surface area contributed by atoms with Crippen LogP contribution in [0.3, 0.4) is 0 Å². The van der Waals surface area contributed by atoms with E-state index in [0.717, 1.165) is 0 Å². The minimum absolute atomic E-state index is 0.109. The van der Waals surface area contributed by atoms with Gasteiger partial charge in [-0.15, -0.1) is 0 Å². The number of anilines is 1. The Kier molecular flexibility index (Phi) is 6.83. The number of rotatable bonds is 8. The molecule has 3 N–H and O–H groups in total. The first-order valence-electron chi connectivity index (χ1n) is 6.59. The average Bonchev–Trinajstić information content (AvgIpc) is 2.43. The van der Waals surface area contributed by atoms with Crippen molar-refractivity contribution >= 4 is 11.6 Å². The van der Waals surface area contributed by atoms with E-state index < -0.39 is 6.10 Å². The van der Waals surface area contributed by atoms with Gasteiger partial charge in [0.1, 0.15) is 17.6 Å². The van der Waals surface area contributed by atoms with Gasteiger partial charge >= 0.3 is 0 Å². The van der Waals surface area contributed by atoms with E-state index in [9.17, 15) is 4.79 Å². The average molecular weight is 282 g/mol. The van der Waals surface area contributed by atoms with Crippen molar-refractivity contribution < 1.29 is 19.0 Å². The molecule has 0 aromatic heterocycles. The molecule has 0 spiro atoms. The van der Waals surface area contributed by atoms with Crippen LogP contribution in [0.4, 0.5) is 5.69 Å². The summed E-state index contributed by atoms with van der Waals surface area (Å²) in [4.78, 5) is 12.0. The topological polar surface area (TPSA) is 82.8 Å². The molecular formula is C14H22N2O4. The minimum Gasteiger partial charge on any atom is -0.494 e. The number of carbonyl (C=O) groups is 1. The minimum atomic E-state index is -0.694. The molecule has 6 heteroatoms. The van der Waals surface area contributed by atoms with E-state index in [0.29, 0.717) is 30.4 Å². The largest absolute Gasteiger partial charge is 0.494 e. The molecule has 1 aromatic carbocycles. The molecule has 0 aliphatic heterocycles. The highest BCUT2D eigenvalue weighted by atomic mass is 16.5. The second kappa shape index (κ2) is 8.39. The molecule has 1 aromatic rings. The second-order valence-corrected chi connectivity index (χ2v) is 3.97. The highest BCUT2D eigenvalue weighted by Gasteiger charge is 2.18. The smallest absolute Gasteiger partial charge is 0.254 e. The summed E-state index contributed by atoms with van der Waals surface area (Å²) >= 11 is 0. The molecule has 1 atom stereocenters. The molecule has 0 aliphatic rings. The van der Waals surface area contributed by atoms with Crippen molar-refractivity contribution in [1.82, 2.24) is 0 Å². The van der Waals surface area contributed by atoms with E-state index in [1.165, 1.54) is 7.11 Å². The van der Waals surface area contributed by atoms with Crippen LogP contribution in [0, 0.1) is 0 Å². The molecule has 0 fully saturated rings. The number of nitrogens with one attached hydrogen (secondary N) is 1. The van der Waals surface area contributed by atoms with E-state index >= 15 is 0 Å². The van der Waals surface area contributed by atoms with Gasteiger partial charge in [-0.05, 0) is 26.0 Å². The third kappa shape index (κ3) is 4.40. The summed E-state index contributed by atoms with van der Waals surface area (Å²) in [6.45, 7) is 4.92. The molecule has 6 nitrogen and oxygen atoms in total. The van der Waals surface area contributed by atoms with Gasteiger partial charge in [-0.25, -0.2) is 0 Å². The van der Waals surface area contributed by atoms with Crippen LogP contribution in [0.15, 0.2) is 18.2 Å². The lowest BCUT2D eigenvalue weighted by atomic mass is 10.2. The van der Waals surface area contributed by atoms with Crippen LogP contribution in [0.2, 0.25) is 0 Å². The summed E-state index contributed by atoms with van der Waals surface area (Å²) in [5.74, 6) is 0.925. The molecule has 1 rings (SSSR count). The fraction of sp³-hybridized carbons (Fsp3) is 0.500. The lowest BCUT2D eigenvalue weighted by molar-refractivity contribution is -0.125. The Hall–Kier alpha value is -1.79. The van der Waals surface area contributed by atoms with Crippen LogP contribution in [-0.2, 0) is 9.53 Å². The van der Waals surface area contributed by atoms with Crippen LogP contribution in [0.1, 0.15) is 13.8 Å². The van der Waals surface area contributed by atoms with E-state index in [-0.39, 0.29) is 12.5 Å². The van der Waals surface area contributed by atoms with Crippen molar-refractivity contribution in [3.05, 3.63) is 18.2 Å². The van der Waals surface area contributed by atoms with Gasteiger partial charge in [0.05, 0.1) is 18.9 Å². The van der Waals surface area contributed by atoms with E-state index in [1.54, 1.807) is 18.2 Å². The predicted octanol–water partition coefficient (Wildman–Crippen LogP) is 1.40. The zero-order valence-electron chi connectivity index (χ0n) is 12.1. The number of carbonyl (C=O) groups excluding carboxylic acids is 1. The van der Waals surface area contributed by atoms with E-state index in [1.807, 2.05) is 13.8 Å². The Morgan fingerprint density at radius 1 is 1.30 bits per heavy atom. The number of hydrogen-bond donors (Lipinski definition) is 2. The fourth-order valence-corrected chi connectivity index (χ4v) is 1.67. The lowest BCUT2D eigenvalue weighted by Crippen LogP contribution is -2.36.